The van der Waals surface area contributed by atoms with Crippen LogP contribution in [0, 0.1) is 17.8 Å². The van der Waals surface area contributed by atoms with Crippen LogP contribution in [0.4, 0.5) is 0 Å². The third-order valence-electron chi connectivity index (χ3n) is 2.94. The molecule has 1 saturated carbocycles. The van der Waals surface area contributed by atoms with Crippen LogP contribution in [0.1, 0.15) is 39.5 Å². The summed E-state index contributed by atoms with van der Waals surface area (Å²) in [6.45, 7) is 5.88. The molecular weight excluding hydrogens is 146 g/mol. The molecule has 1 N–H and O–H groups in total. The molecule has 0 spiro atoms. The van der Waals surface area contributed by atoms with Crippen LogP contribution in [0.25, 0.3) is 0 Å². The predicted molar refractivity (Wildman–Crippen MR) is 54.2 cm³/mol. The van der Waals surface area contributed by atoms with E-state index >= 15 is 0 Å². The minimum atomic E-state index is 0.903. The van der Waals surface area contributed by atoms with E-state index in [-0.39, 0.29) is 0 Å². The van der Waals surface area contributed by atoms with Gasteiger partial charge in [0.2, 0.25) is 0 Å². The second-order valence-corrected chi connectivity index (χ2v) is 4.73. The van der Waals surface area contributed by atoms with Crippen LogP contribution >= 0.6 is 0 Å². The van der Waals surface area contributed by atoms with E-state index in [2.05, 4.69) is 19.2 Å². The molecule has 1 nitrogen and oxygen atoms in total. The molecular formula is C11H23N. The molecule has 1 fully saturated rings. The number of hydrogen-bond donors (Lipinski definition) is 1. The van der Waals surface area contributed by atoms with Crippen LogP contribution in [0.5, 0.6) is 0 Å². The van der Waals surface area contributed by atoms with Crippen LogP contribution in [-0.4, -0.2) is 13.6 Å². The third kappa shape index (κ3) is 3.14. The zero-order chi connectivity index (χ0) is 8.97. The van der Waals surface area contributed by atoms with Gasteiger partial charge in [-0.3, -0.25) is 0 Å². The predicted octanol–water partition coefficient (Wildman–Crippen LogP) is 2.67. The van der Waals surface area contributed by atoms with Crippen molar-refractivity contribution in [2.24, 2.45) is 17.8 Å². The highest BCUT2D eigenvalue weighted by molar-refractivity contribution is 4.80. The Morgan fingerprint density at radius 3 is 2.42 bits per heavy atom. The van der Waals surface area contributed by atoms with Gasteiger partial charge in [0.1, 0.15) is 0 Å². The molecule has 0 aromatic carbocycles. The Morgan fingerprint density at radius 2 is 1.92 bits per heavy atom. The molecule has 0 atom stereocenters. The van der Waals surface area contributed by atoms with E-state index in [0.29, 0.717) is 0 Å². The van der Waals surface area contributed by atoms with Gasteiger partial charge in [0.15, 0.2) is 0 Å². The molecule has 0 radical (unpaired) electrons. The van der Waals surface area contributed by atoms with Crippen LogP contribution in [-0.2, 0) is 0 Å². The highest BCUT2D eigenvalue weighted by Crippen LogP contribution is 2.39. The molecule has 1 heteroatoms. The van der Waals surface area contributed by atoms with Crippen molar-refractivity contribution in [3.8, 4) is 0 Å². The maximum Gasteiger partial charge on any atom is -0.00493 e. The maximum atomic E-state index is 3.22. The highest BCUT2D eigenvalue weighted by Gasteiger charge is 2.28. The molecule has 12 heavy (non-hydrogen) atoms. The Morgan fingerprint density at radius 1 is 1.25 bits per heavy atom. The van der Waals surface area contributed by atoms with E-state index < -0.39 is 0 Å². The molecule has 0 heterocycles. The van der Waals surface area contributed by atoms with E-state index in [1.165, 1.54) is 32.2 Å². The van der Waals surface area contributed by atoms with Crippen LogP contribution < -0.4 is 5.32 Å². The van der Waals surface area contributed by atoms with Gasteiger partial charge in [0.05, 0.1) is 0 Å². The molecule has 1 aliphatic carbocycles. The fraction of sp³-hybridized carbons (Fsp3) is 1.00. The Kier molecular flexibility index (Phi) is 4.07. The lowest BCUT2D eigenvalue weighted by atomic mass is 9.70. The zero-order valence-corrected chi connectivity index (χ0v) is 8.77. The maximum absolute atomic E-state index is 3.22. The van der Waals surface area contributed by atoms with Gasteiger partial charge in [-0.15, -0.1) is 0 Å². The first kappa shape index (κ1) is 10.0. The molecule has 0 aromatic heterocycles. The summed E-state index contributed by atoms with van der Waals surface area (Å²) >= 11 is 0. The average molecular weight is 169 g/mol. The Labute approximate surface area is 76.9 Å². The quantitative estimate of drug-likeness (QED) is 0.667. The molecule has 0 aliphatic heterocycles. The largest absolute Gasteiger partial charge is 0.320 e. The lowest BCUT2D eigenvalue weighted by molar-refractivity contribution is 0.156. The van der Waals surface area contributed by atoms with Gasteiger partial charge < -0.3 is 5.32 Å². The third-order valence-corrected chi connectivity index (χ3v) is 2.94. The van der Waals surface area contributed by atoms with Crippen LogP contribution in [0.2, 0.25) is 0 Å². The van der Waals surface area contributed by atoms with Crippen molar-refractivity contribution in [3.63, 3.8) is 0 Å². The first-order valence-electron chi connectivity index (χ1n) is 5.37. The number of hydrogen-bond acceptors (Lipinski definition) is 1. The smallest absolute Gasteiger partial charge is 0.00493 e. The van der Waals surface area contributed by atoms with Crippen molar-refractivity contribution in [2.45, 2.75) is 39.5 Å². The lowest BCUT2D eigenvalue weighted by Gasteiger charge is -2.36. The molecule has 0 unspecified atom stereocenters. The Balaban J connectivity index is 1.96. The summed E-state index contributed by atoms with van der Waals surface area (Å²) in [6.07, 6.45) is 5.85. The van der Waals surface area contributed by atoms with E-state index in [0.717, 1.165) is 17.8 Å². The van der Waals surface area contributed by atoms with Crippen molar-refractivity contribution in [1.82, 2.24) is 5.32 Å². The van der Waals surface area contributed by atoms with Gasteiger partial charge in [-0.1, -0.05) is 13.8 Å². The molecule has 0 amide bonds. The summed E-state index contributed by atoms with van der Waals surface area (Å²) in [7, 11) is 2.05. The van der Waals surface area contributed by atoms with Crippen molar-refractivity contribution in [3.05, 3.63) is 0 Å². The van der Waals surface area contributed by atoms with Crippen molar-refractivity contribution >= 4 is 0 Å². The number of rotatable bonds is 5. The summed E-state index contributed by atoms with van der Waals surface area (Å²) in [4.78, 5) is 0. The highest BCUT2D eigenvalue weighted by atomic mass is 14.8. The fourth-order valence-electron chi connectivity index (χ4n) is 2.32. The molecule has 0 saturated heterocycles. The lowest BCUT2D eigenvalue weighted by Crippen LogP contribution is -2.27. The summed E-state index contributed by atoms with van der Waals surface area (Å²) in [5.41, 5.74) is 0. The normalized spacial score (nSPS) is 29.0. The van der Waals surface area contributed by atoms with Gasteiger partial charge in [-0.2, -0.15) is 0 Å². The Bertz CT molecular complexity index is 114. The molecule has 0 aromatic rings. The van der Waals surface area contributed by atoms with Gasteiger partial charge in [0, 0.05) is 0 Å². The monoisotopic (exact) mass is 169 g/mol. The first-order valence-corrected chi connectivity index (χ1v) is 5.37. The SMILES string of the molecule is CNCCC1CC(CC(C)C)C1. The van der Waals surface area contributed by atoms with E-state index in [1.54, 1.807) is 0 Å². The molecule has 1 rings (SSSR count). The topological polar surface area (TPSA) is 12.0 Å². The summed E-state index contributed by atoms with van der Waals surface area (Å²) in [5, 5.41) is 3.22. The van der Waals surface area contributed by atoms with Crippen molar-refractivity contribution in [1.29, 1.82) is 0 Å². The molecule has 1 aliphatic rings. The number of nitrogens with one attached hydrogen (secondary N) is 1. The van der Waals surface area contributed by atoms with Gasteiger partial charge in [-0.05, 0) is 57.0 Å². The van der Waals surface area contributed by atoms with Gasteiger partial charge in [0.25, 0.3) is 0 Å². The fourth-order valence-corrected chi connectivity index (χ4v) is 2.32. The Hall–Kier alpha value is -0.0400. The standard InChI is InChI=1S/C11H23N/c1-9(2)6-11-7-10(8-11)4-5-12-3/h9-12H,4-8H2,1-3H3. The van der Waals surface area contributed by atoms with E-state index in [4.69, 9.17) is 0 Å². The van der Waals surface area contributed by atoms with Gasteiger partial charge >= 0.3 is 0 Å². The first-order chi connectivity index (χ1) is 5.72. The van der Waals surface area contributed by atoms with Crippen molar-refractivity contribution < 1.29 is 0 Å². The minimum absolute atomic E-state index is 0.903. The van der Waals surface area contributed by atoms with E-state index in [9.17, 15) is 0 Å². The molecule has 0 bridgehead atoms. The summed E-state index contributed by atoms with van der Waals surface area (Å²) in [5.74, 6) is 3.01. The molecule has 72 valence electrons. The van der Waals surface area contributed by atoms with E-state index in [1.807, 2.05) is 7.05 Å². The zero-order valence-electron chi connectivity index (χ0n) is 8.77. The second kappa shape index (κ2) is 4.86. The van der Waals surface area contributed by atoms with Crippen LogP contribution in [0.3, 0.4) is 0 Å². The van der Waals surface area contributed by atoms with Gasteiger partial charge in [-0.25, -0.2) is 0 Å². The average Bonchev–Trinajstić information content (AvgIpc) is 1.93. The van der Waals surface area contributed by atoms with Crippen molar-refractivity contribution in [2.75, 3.05) is 13.6 Å². The summed E-state index contributed by atoms with van der Waals surface area (Å²) < 4.78 is 0. The van der Waals surface area contributed by atoms with Crippen LogP contribution in [0.15, 0.2) is 0 Å². The summed E-state index contributed by atoms with van der Waals surface area (Å²) in [6, 6.07) is 0. The minimum Gasteiger partial charge on any atom is -0.320 e. The second-order valence-electron chi connectivity index (χ2n) is 4.73.